The summed E-state index contributed by atoms with van der Waals surface area (Å²) < 4.78 is 39.3. The van der Waals surface area contributed by atoms with Gasteiger partial charge in [-0.25, -0.2) is 14.3 Å². The third kappa shape index (κ3) is 1.84. The van der Waals surface area contributed by atoms with Crippen molar-refractivity contribution in [2.45, 2.75) is 6.18 Å². The molecule has 2 N–H and O–H groups in total. The van der Waals surface area contributed by atoms with Gasteiger partial charge in [0.1, 0.15) is 5.56 Å². The zero-order valence-electron chi connectivity index (χ0n) is 10.3. The zero-order chi connectivity index (χ0) is 16.2. The van der Waals surface area contributed by atoms with Gasteiger partial charge in [-0.1, -0.05) is 0 Å². The highest BCUT2D eigenvalue weighted by molar-refractivity contribution is 5.81. The number of H-pyrrole nitrogens is 2. The second kappa shape index (κ2) is 4.16. The average Bonchev–Trinajstić information content (AvgIpc) is 2.79. The van der Waals surface area contributed by atoms with E-state index in [1.54, 1.807) is 0 Å². The molecule has 3 aromatic rings. The molecule has 3 rings (SSSR count). The number of benzene rings is 1. The van der Waals surface area contributed by atoms with Gasteiger partial charge >= 0.3 is 11.9 Å². The second-order valence-corrected chi connectivity index (χ2v) is 4.28. The molecular formula is C10H4F3N5O4. The first-order valence-corrected chi connectivity index (χ1v) is 5.59. The van der Waals surface area contributed by atoms with Crippen molar-refractivity contribution in [1.29, 1.82) is 0 Å². The Morgan fingerprint density at radius 3 is 2.55 bits per heavy atom. The molecule has 114 valence electrons. The molecule has 0 saturated heterocycles. The molecule has 0 bridgehead atoms. The van der Waals surface area contributed by atoms with Crippen LogP contribution >= 0.6 is 0 Å². The minimum atomic E-state index is -5.00. The third-order valence-corrected chi connectivity index (χ3v) is 2.98. The van der Waals surface area contributed by atoms with Gasteiger partial charge in [0, 0.05) is 6.07 Å². The molecule has 0 amide bonds. The van der Waals surface area contributed by atoms with E-state index in [1.165, 1.54) is 0 Å². The molecule has 0 saturated carbocycles. The number of rotatable bonds is 1. The first-order chi connectivity index (χ1) is 10.2. The van der Waals surface area contributed by atoms with Crippen molar-refractivity contribution >= 4 is 22.4 Å². The van der Waals surface area contributed by atoms with Crippen molar-refractivity contribution < 1.29 is 18.1 Å². The van der Waals surface area contributed by atoms with Crippen molar-refractivity contribution in [3.63, 3.8) is 0 Å². The van der Waals surface area contributed by atoms with Gasteiger partial charge in [-0.05, 0) is 6.07 Å². The monoisotopic (exact) mass is 315 g/mol. The van der Waals surface area contributed by atoms with Crippen molar-refractivity contribution in [1.82, 2.24) is 19.6 Å². The van der Waals surface area contributed by atoms with E-state index in [0.717, 1.165) is 0 Å². The SMILES string of the molecule is O=c1[nH]c2cc(C(F)(F)F)c([N+](=O)[O-])cc2n2c(=O)[nH]nc12. The van der Waals surface area contributed by atoms with Crippen LogP contribution in [0, 0.1) is 10.1 Å². The van der Waals surface area contributed by atoms with Crippen molar-refractivity contribution in [2.75, 3.05) is 0 Å². The summed E-state index contributed by atoms with van der Waals surface area (Å²) in [5.74, 6) is 0. The number of nitro benzene ring substituents is 1. The second-order valence-electron chi connectivity index (χ2n) is 4.28. The Labute approximate surface area is 116 Å². The van der Waals surface area contributed by atoms with Gasteiger partial charge in [-0.2, -0.15) is 13.2 Å². The Balaban J connectivity index is 2.58. The van der Waals surface area contributed by atoms with E-state index in [0.29, 0.717) is 16.5 Å². The van der Waals surface area contributed by atoms with Gasteiger partial charge < -0.3 is 4.98 Å². The van der Waals surface area contributed by atoms with Gasteiger partial charge in [0.2, 0.25) is 5.65 Å². The lowest BCUT2D eigenvalue weighted by Gasteiger charge is -2.09. The number of nitro groups is 1. The van der Waals surface area contributed by atoms with Crippen LogP contribution in [0.2, 0.25) is 0 Å². The summed E-state index contributed by atoms with van der Waals surface area (Å²) in [5, 5.41) is 16.2. The Hall–Kier alpha value is -3.18. The molecule has 22 heavy (non-hydrogen) atoms. The highest BCUT2D eigenvalue weighted by atomic mass is 19.4. The maximum absolute atomic E-state index is 12.9. The molecule has 0 atom stereocenters. The summed E-state index contributed by atoms with van der Waals surface area (Å²) in [5.41, 5.74) is -5.63. The summed E-state index contributed by atoms with van der Waals surface area (Å²) in [6, 6.07) is 0.978. The Bertz CT molecular complexity index is 1040. The lowest BCUT2D eigenvalue weighted by Crippen LogP contribution is -2.18. The molecule has 12 heteroatoms. The van der Waals surface area contributed by atoms with Crippen molar-refractivity contribution in [3.8, 4) is 0 Å². The minimum absolute atomic E-state index is 0.270. The van der Waals surface area contributed by atoms with Crippen LogP contribution in [0.3, 0.4) is 0 Å². The van der Waals surface area contributed by atoms with Gasteiger partial charge in [-0.15, -0.1) is 5.10 Å². The van der Waals surface area contributed by atoms with Crippen LogP contribution in [0.5, 0.6) is 0 Å². The Morgan fingerprint density at radius 2 is 1.95 bits per heavy atom. The minimum Gasteiger partial charge on any atom is -0.317 e. The van der Waals surface area contributed by atoms with Gasteiger partial charge in [0.05, 0.1) is 16.0 Å². The fourth-order valence-corrected chi connectivity index (χ4v) is 2.09. The first kappa shape index (κ1) is 13.8. The molecule has 9 nitrogen and oxygen atoms in total. The lowest BCUT2D eigenvalue weighted by atomic mass is 10.1. The normalized spacial score (nSPS) is 12.1. The molecular weight excluding hydrogens is 311 g/mol. The van der Waals surface area contributed by atoms with E-state index in [2.05, 4.69) is 10.1 Å². The van der Waals surface area contributed by atoms with Crippen molar-refractivity contribution in [3.05, 3.63) is 48.6 Å². The summed E-state index contributed by atoms with van der Waals surface area (Å²) in [6.45, 7) is 0. The Kier molecular flexibility index (Phi) is 2.61. The van der Waals surface area contributed by atoms with Crippen LogP contribution in [0.15, 0.2) is 21.7 Å². The van der Waals surface area contributed by atoms with Crippen LogP contribution in [0.1, 0.15) is 5.56 Å². The number of hydrogen-bond acceptors (Lipinski definition) is 5. The first-order valence-electron chi connectivity index (χ1n) is 5.59. The molecule has 1 aromatic carbocycles. The van der Waals surface area contributed by atoms with Crippen molar-refractivity contribution in [2.24, 2.45) is 0 Å². The van der Waals surface area contributed by atoms with Crippen LogP contribution < -0.4 is 11.2 Å². The molecule has 0 unspecified atom stereocenters. The highest BCUT2D eigenvalue weighted by Gasteiger charge is 2.39. The maximum Gasteiger partial charge on any atom is 0.423 e. The van der Waals surface area contributed by atoms with Gasteiger partial charge in [0.15, 0.2) is 0 Å². The van der Waals surface area contributed by atoms with E-state index in [9.17, 15) is 32.9 Å². The zero-order valence-corrected chi connectivity index (χ0v) is 10.3. The van der Waals surface area contributed by atoms with E-state index >= 15 is 0 Å². The van der Waals surface area contributed by atoms with E-state index in [-0.39, 0.29) is 11.0 Å². The molecule has 0 aliphatic carbocycles. The van der Waals surface area contributed by atoms with Crippen LogP contribution in [-0.4, -0.2) is 24.5 Å². The molecule has 0 fully saturated rings. The topological polar surface area (TPSA) is 126 Å². The number of nitrogens with zero attached hydrogens (tertiary/aromatic N) is 3. The fourth-order valence-electron chi connectivity index (χ4n) is 2.09. The fraction of sp³-hybridized carbons (Fsp3) is 0.100. The quantitative estimate of drug-likeness (QED) is 0.507. The molecule has 0 radical (unpaired) electrons. The van der Waals surface area contributed by atoms with Gasteiger partial charge in [-0.3, -0.25) is 14.9 Å². The molecule has 0 aliphatic heterocycles. The average molecular weight is 315 g/mol. The molecule has 0 aliphatic rings. The number of nitrogens with one attached hydrogen (secondary N) is 2. The molecule has 2 aromatic heterocycles. The van der Waals surface area contributed by atoms with Crippen LogP contribution in [-0.2, 0) is 6.18 Å². The number of aromatic amines is 2. The molecule has 2 heterocycles. The summed E-state index contributed by atoms with van der Waals surface area (Å²) in [7, 11) is 0. The standard InChI is InChI=1S/C10H4F3N5O4/c11-10(12,13)3-1-4-6(2-5(3)18(21)22)17-7(8(19)14-4)15-16-9(17)20/h1-2H,(H,14,19)(H,16,20). The largest absolute Gasteiger partial charge is 0.423 e. The Morgan fingerprint density at radius 1 is 1.27 bits per heavy atom. The van der Waals surface area contributed by atoms with Crippen LogP contribution in [0.4, 0.5) is 18.9 Å². The van der Waals surface area contributed by atoms with Crippen LogP contribution in [0.25, 0.3) is 16.7 Å². The summed E-state index contributed by atoms with van der Waals surface area (Å²) in [6.07, 6.45) is -5.00. The lowest BCUT2D eigenvalue weighted by molar-refractivity contribution is -0.387. The number of halogens is 3. The number of aromatic nitrogens is 4. The smallest absolute Gasteiger partial charge is 0.317 e. The van der Waals surface area contributed by atoms with E-state index in [4.69, 9.17) is 0 Å². The third-order valence-electron chi connectivity index (χ3n) is 2.98. The number of fused-ring (bicyclic) bond motifs is 3. The number of alkyl halides is 3. The highest BCUT2D eigenvalue weighted by Crippen LogP contribution is 2.37. The summed E-state index contributed by atoms with van der Waals surface area (Å²) in [4.78, 5) is 35.0. The maximum atomic E-state index is 12.9. The van der Waals surface area contributed by atoms with Gasteiger partial charge in [0.25, 0.3) is 11.2 Å². The predicted octanol–water partition coefficient (Wildman–Crippen LogP) is 0.791. The van der Waals surface area contributed by atoms with E-state index in [1.807, 2.05) is 5.10 Å². The predicted molar refractivity (Wildman–Crippen MR) is 65.6 cm³/mol. The van der Waals surface area contributed by atoms with E-state index < -0.39 is 39.2 Å². The number of hydrogen-bond donors (Lipinski definition) is 2. The summed E-state index contributed by atoms with van der Waals surface area (Å²) >= 11 is 0. The molecule has 0 spiro atoms.